The van der Waals surface area contributed by atoms with E-state index in [0.29, 0.717) is 4.88 Å². The molecule has 0 saturated heterocycles. The summed E-state index contributed by atoms with van der Waals surface area (Å²) in [5, 5.41) is 0. The molecule has 1 heterocycles. The molecule has 4 heteroatoms. The minimum absolute atomic E-state index is 0.268. The van der Waals surface area contributed by atoms with Crippen molar-refractivity contribution in [3.05, 3.63) is 56.3 Å². The first-order valence-corrected chi connectivity index (χ1v) is 6.29. The highest BCUT2D eigenvalue weighted by atomic mass is 32.1. The summed E-state index contributed by atoms with van der Waals surface area (Å²) >= 11 is 1.26. The van der Waals surface area contributed by atoms with Gasteiger partial charge in [-0.1, -0.05) is 6.07 Å². The van der Waals surface area contributed by atoms with Gasteiger partial charge in [-0.3, -0.25) is 4.79 Å². The lowest BCUT2D eigenvalue weighted by Crippen LogP contribution is -2.07. The summed E-state index contributed by atoms with van der Waals surface area (Å²) in [4.78, 5) is 13.5. The van der Waals surface area contributed by atoms with Crippen LogP contribution in [0.5, 0.6) is 0 Å². The Hall–Kier alpha value is -1.55. The summed E-state index contributed by atoms with van der Waals surface area (Å²) in [7, 11) is 0. The Balaban J connectivity index is 2.56. The van der Waals surface area contributed by atoms with Gasteiger partial charge < -0.3 is 0 Å². The molecule has 0 atom stereocenters. The standard InChI is InChI=1S/C14H12F2OS/c1-7-4-5-10(15)12(13(7)16)14(17)11-6-8(2)9(3)18-11/h4-6H,1-3H3. The molecule has 0 radical (unpaired) electrons. The van der Waals surface area contributed by atoms with Crippen LogP contribution >= 0.6 is 11.3 Å². The van der Waals surface area contributed by atoms with E-state index >= 15 is 0 Å². The lowest BCUT2D eigenvalue weighted by Gasteiger charge is -2.04. The second-order valence-electron chi connectivity index (χ2n) is 4.23. The molecule has 0 saturated carbocycles. The number of thiophene rings is 1. The van der Waals surface area contributed by atoms with E-state index in [-0.39, 0.29) is 5.56 Å². The van der Waals surface area contributed by atoms with Crippen LogP contribution in [0.4, 0.5) is 8.78 Å². The van der Waals surface area contributed by atoms with Gasteiger partial charge in [-0.2, -0.15) is 0 Å². The van der Waals surface area contributed by atoms with E-state index in [4.69, 9.17) is 0 Å². The Morgan fingerprint density at radius 3 is 2.33 bits per heavy atom. The first kappa shape index (κ1) is 12.9. The molecular weight excluding hydrogens is 254 g/mol. The predicted octanol–water partition coefficient (Wildman–Crippen LogP) is 4.18. The molecule has 18 heavy (non-hydrogen) atoms. The Morgan fingerprint density at radius 1 is 1.11 bits per heavy atom. The number of carbonyl (C=O) groups excluding carboxylic acids is 1. The molecule has 1 aromatic carbocycles. The zero-order chi connectivity index (χ0) is 13.4. The van der Waals surface area contributed by atoms with Crippen molar-refractivity contribution in [3.63, 3.8) is 0 Å². The molecule has 0 fully saturated rings. The van der Waals surface area contributed by atoms with E-state index in [0.717, 1.165) is 16.5 Å². The number of carbonyl (C=O) groups is 1. The Labute approximate surface area is 108 Å². The highest BCUT2D eigenvalue weighted by Crippen LogP contribution is 2.26. The van der Waals surface area contributed by atoms with Crippen molar-refractivity contribution < 1.29 is 13.6 Å². The van der Waals surface area contributed by atoms with Gasteiger partial charge in [-0.05, 0) is 44.0 Å². The average molecular weight is 266 g/mol. The van der Waals surface area contributed by atoms with Crippen LogP contribution in [0, 0.1) is 32.4 Å². The molecule has 0 spiro atoms. The van der Waals surface area contributed by atoms with Crippen LogP contribution in [-0.2, 0) is 0 Å². The van der Waals surface area contributed by atoms with E-state index in [2.05, 4.69) is 0 Å². The smallest absolute Gasteiger partial charge is 0.208 e. The molecule has 0 aliphatic heterocycles. The molecule has 0 aliphatic carbocycles. The fourth-order valence-corrected chi connectivity index (χ4v) is 2.65. The molecule has 0 bridgehead atoms. The number of ketones is 1. The first-order chi connectivity index (χ1) is 8.41. The summed E-state index contributed by atoms with van der Waals surface area (Å²) in [5.41, 5.74) is 0.762. The van der Waals surface area contributed by atoms with Crippen LogP contribution in [0.15, 0.2) is 18.2 Å². The highest BCUT2D eigenvalue weighted by Gasteiger charge is 2.22. The SMILES string of the molecule is Cc1cc(C(=O)c2c(F)ccc(C)c2F)sc1C. The van der Waals surface area contributed by atoms with Gasteiger partial charge in [0.05, 0.1) is 10.4 Å². The maximum absolute atomic E-state index is 13.8. The van der Waals surface area contributed by atoms with Crippen LogP contribution in [0.25, 0.3) is 0 Å². The van der Waals surface area contributed by atoms with E-state index in [1.807, 2.05) is 13.8 Å². The predicted molar refractivity (Wildman–Crippen MR) is 68.3 cm³/mol. The second kappa shape index (κ2) is 4.61. The zero-order valence-electron chi connectivity index (χ0n) is 10.3. The van der Waals surface area contributed by atoms with E-state index in [1.54, 1.807) is 6.07 Å². The van der Waals surface area contributed by atoms with Gasteiger partial charge >= 0.3 is 0 Å². The summed E-state index contributed by atoms with van der Waals surface area (Å²) in [6.45, 7) is 5.25. The molecule has 0 unspecified atom stereocenters. The Kier molecular flexibility index (Phi) is 3.30. The quantitative estimate of drug-likeness (QED) is 0.745. The molecule has 0 amide bonds. The summed E-state index contributed by atoms with van der Waals surface area (Å²) < 4.78 is 27.5. The van der Waals surface area contributed by atoms with Crippen LogP contribution in [-0.4, -0.2) is 5.78 Å². The van der Waals surface area contributed by atoms with Gasteiger partial charge in [0, 0.05) is 4.88 Å². The lowest BCUT2D eigenvalue weighted by atomic mass is 10.0. The minimum Gasteiger partial charge on any atom is -0.287 e. The fraction of sp³-hybridized carbons (Fsp3) is 0.214. The Morgan fingerprint density at radius 2 is 1.78 bits per heavy atom. The minimum atomic E-state index is -0.813. The van der Waals surface area contributed by atoms with Crippen molar-refractivity contribution in [2.45, 2.75) is 20.8 Å². The first-order valence-electron chi connectivity index (χ1n) is 5.48. The fourth-order valence-electron chi connectivity index (χ4n) is 1.67. The Bertz CT molecular complexity index is 609. The van der Waals surface area contributed by atoms with Gasteiger partial charge in [0.1, 0.15) is 11.6 Å². The highest BCUT2D eigenvalue weighted by molar-refractivity contribution is 7.14. The van der Waals surface area contributed by atoms with Gasteiger partial charge in [-0.15, -0.1) is 11.3 Å². The molecule has 2 rings (SSSR count). The molecule has 2 aromatic rings. The van der Waals surface area contributed by atoms with Crippen molar-refractivity contribution in [2.24, 2.45) is 0 Å². The monoisotopic (exact) mass is 266 g/mol. The maximum atomic E-state index is 13.8. The van der Waals surface area contributed by atoms with Gasteiger partial charge in [0.25, 0.3) is 0 Å². The molecule has 1 nitrogen and oxygen atoms in total. The van der Waals surface area contributed by atoms with E-state index in [1.165, 1.54) is 24.3 Å². The largest absolute Gasteiger partial charge is 0.287 e. The number of hydrogen-bond donors (Lipinski definition) is 0. The third-order valence-electron chi connectivity index (χ3n) is 2.90. The normalized spacial score (nSPS) is 10.7. The van der Waals surface area contributed by atoms with Crippen LogP contribution in [0.2, 0.25) is 0 Å². The van der Waals surface area contributed by atoms with Crippen molar-refractivity contribution in [2.75, 3.05) is 0 Å². The average Bonchev–Trinajstić information content (AvgIpc) is 2.65. The summed E-state index contributed by atoms with van der Waals surface area (Å²) in [6.07, 6.45) is 0. The van der Waals surface area contributed by atoms with Crippen LogP contribution in [0.3, 0.4) is 0 Å². The zero-order valence-corrected chi connectivity index (χ0v) is 11.1. The topological polar surface area (TPSA) is 17.1 Å². The third-order valence-corrected chi connectivity index (χ3v) is 4.05. The number of rotatable bonds is 2. The van der Waals surface area contributed by atoms with Crippen LogP contribution in [0.1, 0.15) is 31.2 Å². The van der Waals surface area contributed by atoms with E-state index < -0.39 is 23.0 Å². The summed E-state index contributed by atoms with van der Waals surface area (Å²) in [5.74, 6) is -2.18. The molecule has 94 valence electrons. The number of benzene rings is 1. The van der Waals surface area contributed by atoms with Crippen molar-refractivity contribution in [1.29, 1.82) is 0 Å². The number of hydrogen-bond acceptors (Lipinski definition) is 2. The van der Waals surface area contributed by atoms with Crippen molar-refractivity contribution in [3.8, 4) is 0 Å². The maximum Gasteiger partial charge on any atom is 0.208 e. The second-order valence-corrected chi connectivity index (χ2v) is 5.49. The number of halogens is 2. The van der Waals surface area contributed by atoms with Gasteiger partial charge in [0.2, 0.25) is 5.78 Å². The van der Waals surface area contributed by atoms with Crippen LogP contribution < -0.4 is 0 Å². The van der Waals surface area contributed by atoms with Gasteiger partial charge in [-0.25, -0.2) is 8.78 Å². The molecule has 1 aromatic heterocycles. The van der Waals surface area contributed by atoms with Crippen molar-refractivity contribution in [1.82, 2.24) is 0 Å². The molecular formula is C14H12F2OS. The van der Waals surface area contributed by atoms with Crippen molar-refractivity contribution >= 4 is 17.1 Å². The molecule has 0 aliphatic rings. The lowest BCUT2D eigenvalue weighted by molar-refractivity contribution is 0.103. The molecule has 0 N–H and O–H groups in total. The van der Waals surface area contributed by atoms with E-state index in [9.17, 15) is 13.6 Å². The number of aryl methyl sites for hydroxylation is 3. The van der Waals surface area contributed by atoms with Gasteiger partial charge in [0.15, 0.2) is 0 Å². The third kappa shape index (κ3) is 2.08. The summed E-state index contributed by atoms with van der Waals surface area (Å²) in [6, 6.07) is 4.12.